The molecule has 2 rings (SSSR count). The van der Waals surface area contributed by atoms with Crippen LogP contribution in [0.5, 0.6) is 0 Å². The first kappa shape index (κ1) is 14.8. The molecule has 0 spiro atoms. The van der Waals surface area contributed by atoms with Gasteiger partial charge in [-0.25, -0.2) is 0 Å². The van der Waals surface area contributed by atoms with Crippen LogP contribution in [0, 0.1) is 0 Å². The van der Waals surface area contributed by atoms with Crippen LogP contribution in [-0.2, 0) is 14.4 Å². The maximum absolute atomic E-state index is 12.2. The average Bonchev–Trinajstić information content (AvgIpc) is 2.92. The van der Waals surface area contributed by atoms with Crippen LogP contribution in [0.1, 0.15) is 19.8 Å². The van der Waals surface area contributed by atoms with E-state index >= 15 is 0 Å². The third-order valence-corrected chi connectivity index (χ3v) is 4.07. The first-order valence-corrected chi connectivity index (χ1v) is 7.16. The molecule has 0 bridgehead atoms. The van der Waals surface area contributed by atoms with Crippen LogP contribution in [0.3, 0.4) is 0 Å². The van der Waals surface area contributed by atoms with Gasteiger partial charge in [0.25, 0.3) is 0 Å². The summed E-state index contributed by atoms with van der Waals surface area (Å²) in [7, 11) is 0. The SMILES string of the molecule is CCN1CCN(CC(=O)N2CCCC2CN)C(=O)C1=O. The standard InChI is InChI=1S/C13H22N4O3/c1-2-15-6-7-16(13(20)12(15)19)9-11(18)17-5-3-4-10(17)8-14/h10H,2-9,14H2,1H3. The predicted octanol–water partition coefficient (Wildman–Crippen LogP) is -1.37. The molecular formula is C13H22N4O3. The first-order valence-electron chi connectivity index (χ1n) is 7.16. The van der Waals surface area contributed by atoms with Crippen LogP contribution in [0.2, 0.25) is 0 Å². The fourth-order valence-corrected chi connectivity index (χ4v) is 2.83. The van der Waals surface area contributed by atoms with Crippen molar-refractivity contribution in [2.75, 3.05) is 39.3 Å². The van der Waals surface area contributed by atoms with Gasteiger partial charge in [-0.15, -0.1) is 0 Å². The topological polar surface area (TPSA) is 86.9 Å². The second-order valence-corrected chi connectivity index (χ2v) is 5.23. The van der Waals surface area contributed by atoms with Gasteiger partial charge in [0.1, 0.15) is 6.54 Å². The third-order valence-electron chi connectivity index (χ3n) is 4.07. The van der Waals surface area contributed by atoms with Gasteiger partial charge >= 0.3 is 11.8 Å². The van der Waals surface area contributed by atoms with Gasteiger partial charge in [-0.1, -0.05) is 0 Å². The zero-order valence-electron chi connectivity index (χ0n) is 11.9. The molecule has 2 heterocycles. The Bertz CT molecular complexity index is 412. The summed E-state index contributed by atoms with van der Waals surface area (Å²) in [5, 5.41) is 0. The highest BCUT2D eigenvalue weighted by Gasteiger charge is 2.35. The van der Waals surface area contributed by atoms with Crippen molar-refractivity contribution in [3.63, 3.8) is 0 Å². The van der Waals surface area contributed by atoms with Crippen LogP contribution in [0.25, 0.3) is 0 Å². The Labute approximate surface area is 118 Å². The zero-order chi connectivity index (χ0) is 14.7. The van der Waals surface area contributed by atoms with E-state index in [1.165, 1.54) is 9.80 Å². The lowest BCUT2D eigenvalue weighted by Gasteiger charge is -2.34. The number of carbonyl (C=O) groups excluding carboxylic acids is 3. The second-order valence-electron chi connectivity index (χ2n) is 5.23. The molecule has 0 aromatic heterocycles. The number of likely N-dealkylation sites (N-methyl/N-ethyl adjacent to an activating group) is 1. The minimum Gasteiger partial charge on any atom is -0.337 e. The van der Waals surface area contributed by atoms with Gasteiger partial charge in [-0.05, 0) is 19.8 Å². The Hall–Kier alpha value is -1.63. The molecule has 1 atom stereocenters. The van der Waals surface area contributed by atoms with E-state index in [9.17, 15) is 14.4 Å². The molecule has 2 aliphatic heterocycles. The van der Waals surface area contributed by atoms with Gasteiger partial charge < -0.3 is 20.4 Å². The lowest BCUT2D eigenvalue weighted by Crippen LogP contribution is -2.56. The summed E-state index contributed by atoms with van der Waals surface area (Å²) < 4.78 is 0. The fourth-order valence-electron chi connectivity index (χ4n) is 2.83. The lowest BCUT2D eigenvalue weighted by atomic mass is 10.2. The molecule has 2 N–H and O–H groups in total. The maximum Gasteiger partial charge on any atom is 0.312 e. The molecule has 2 saturated heterocycles. The molecule has 3 amide bonds. The molecule has 7 heteroatoms. The van der Waals surface area contributed by atoms with E-state index < -0.39 is 11.8 Å². The van der Waals surface area contributed by atoms with Gasteiger partial charge in [0, 0.05) is 38.8 Å². The lowest BCUT2D eigenvalue weighted by molar-refractivity contribution is -0.157. The molecule has 20 heavy (non-hydrogen) atoms. The van der Waals surface area contributed by atoms with Crippen LogP contribution in [0.15, 0.2) is 0 Å². The van der Waals surface area contributed by atoms with Crippen molar-refractivity contribution in [2.45, 2.75) is 25.8 Å². The Kier molecular flexibility index (Phi) is 4.59. The fraction of sp³-hybridized carbons (Fsp3) is 0.769. The van der Waals surface area contributed by atoms with Crippen molar-refractivity contribution in [2.24, 2.45) is 5.73 Å². The van der Waals surface area contributed by atoms with Crippen molar-refractivity contribution >= 4 is 17.7 Å². The number of nitrogens with two attached hydrogens (primary N) is 1. The van der Waals surface area contributed by atoms with E-state index in [-0.39, 0.29) is 18.5 Å². The quantitative estimate of drug-likeness (QED) is 0.644. The van der Waals surface area contributed by atoms with Crippen molar-refractivity contribution < 1.29 is 14.4 Å². The molecule has 1 unspecified atom stereocenters. The van der Waals surface area contributed by atoms with Crippen LogP contribution in [-0.4, -0.2) is 77.7 Å². The minimum absolute atomic E-state index is 0.0153. The van der Waals surface area contributed by atoms with Crippen LogP contribution in [0.4, 0.5) is 0 Å². The van der Waals surface area contributed by atoms with E-state index in [2.05, 4.69) is 0 Å². The largest absolute Gasteiger partial charge is 0.337 e. The van der Waals surface area contributed by atoms with E-state index in [1.54, 1.807) is 4.90 Å². The number of likely N-dealkylation sites (tertiary alicyclic amines) is 1. The molecule has 0 aliphatic carbocycles. The molecule has 112 valence electrons. The predicted molar refractivity (Wildman–Crippen MR) is 72.6 cm³/mol. The first-order chi connectivity index (χ1) is 9.58. The van der Waals surface area contributed by atoms with E-state index in [4.69, 9.17) is 5.73 Å². The van der Waals surface area contributed by atoms with E-state index in [0.29, 0.717) is 32.7 Å². The summed E-state index contributed by atoms with van der Waals surface area (Å²) in [6.45, 7) is 4.40. The van der Waals surface area contributed by atoms with Crippen molar-refractivity contribution in [1.29, 1.82) is 0 Å². The summed E-state index contributed by atoms with van der Waals surface area (Å²) in [6.07, 6.45) is 1.86. The maximum atomic E-state index is 12.2. The molecule has 2 aliphatic rings. The highest BCUT2D eigenvalue weighted by molar-refractivity contribution is 6.35. The number of hydrogen-bond donors (Lipinski definition) is 1. The van der Waals surface area contributed by atoms with E-state index in [1.807, 2.05) is 6.92 Å². The smallest absolute Gasteiger partial charge is 0.312 e. The van der Waals surface area contributed by atoms with Crippen LogP contribution < -0.4 is 5.73 Å². The molecule has 7 nitrogen and oxygen atoms in total. The van der Waals surface area contributed by atoms with Crippen molar-refractivity contribution in [3.8, 4) is 0 Å². The zero-order valence-corrected chi connectivity index (χ0v) is 11.9. The van der Waals surface area contributed by atoms with Gasteiger partial charge in [0.2, 0.25) is 5.91 Å². The summed E-state index contributed by atoms with van der Waals surface area (Å²) in [5.41, 5.74) is 5.65. The van der Waals surface area contributed by atoms with E-state index in [0.717, 1.165) is 12.8 Å². The number of carbonyl (C=O) groups is 3. The summed E-state index contributed by atoms with van der Waals surface area (Å²) >= 11 is 0. The third kappa shape index (κ3) is 2.77. The van der Waals surface area contributed by atoms with Crippen LogP contribution >= 0.6 is 0 Å². The number of piperazine rings is 1. The normalized spacial score (nSPS) is 23.7. The summed E-state index contributed by atoms with van der Waals surface area (Å²) in [6, 6.07) is 0.0743. The molecule has 0 saturated carbocycles. The average molecular weight is 282 g/mol. The monoisotopic (exact) mass is 282 g/mol. The van der Waals surface area contributed by atoms with Gasteiger partial charge in [0.15, 0.2) is 0 Å². The molecule has 2 fully saturated rings. The summed E-state index contributed by atoms with van der Waals surface area (Å²) in [5.74, 6) is -1.19. The second kappa shape index (κ2) is 6.21. The molecule has 0 radical (unpaired) electrons. The van der Waals surface area contributed by atoms with Gasteiger partial charge in [-0.2, -0.15) is 0 Å². The van der Waals surface area contributed by atoms with Crippen molar-refractivity contribution in [3.05, 3.63) is 0 Å². The Morgan fingerprint density at radius 3 is 2.50 bits per heavy atom. The number of nitrogens with zero attached hydrogens (tertiary/aromatic N) is 3. The number of rotatable bonds is 4. The number of amides is 3. The number of hydrogen-bond acceptors (Lipinski definition) is 4. The summed E-state index contributed by atoms with van der Waals surface area (Å²) in [4.78, 5) is 40.5. The van der Waals surface area contributed by atoms with Gasteiger partial charge in [0.05, 0.1) is 0 Å². The highest BCUT2D eigenvalue weighted by Crippen LogP contribution is 2.17. The minimum atomic E-state index is -0.574. The molecular weight excluding hydrogens is 260 g/mol. The van der Waals surface area contributed by atoms with Crippen molar-refractivity contribution in [1.82, 2.24) is 14.7 Å². The molecule has 0 aromatic carbocycles. The Balaban J connectivity index is 1.95. The Morgan fingerprint density at radius 1 is 1.20 bits per heavy atom. The highest BCUT2D eigenvalue weighted by atomic mass is 16.2. The molecule has 0 aromatic rings. The van der Waals surface area contributed by atoms with Gasteiger partial charge in [-0.3, -0.25) is 14.4 Å². The Morgan fingerprint density at radius 2 is 1.85 bits per heavy atom.